The van der Waals surface area contributed by atoms with E-state index in [0.717, 1.165) is 39.2 Å². The molecule has 49 heavy (non-hydrogen) atoms. The first-order chi connectivity index (χ1) is 24.4. The van der Waals surface area contributed by atoms with Crippen LogP contribution in [0.25, 0.3) is 55.9 Å². The van der Waals surface area contributed by atoms with E-state index in [1.165, 1.54) is 38.9 Å². The summed E-state index contributed by atoms with van der Waals surface area (Å²) in [4.78, 5) is 9.66. The number of aromatic nitrogens is 2. The summed E-state index contributed by atoms with van der Waals surface area (Å²) < 4.78 is 0. The van der Waals surface area contributed by atoms with E-state index in [9.17, 15) is 0 Å². The van der Waals surface area contributed by atoms with Crippen molar-refractivity contribution in [2.75, 3.05) is 0 Å². The molecule has 230 valence electrons. The summed E-state index contributed by atoms with van der Waals surface area (Å²) in [5, 5.41) is 0. The monoisotopic (exact) mass is 624 g/mol. The van der Waals surface area contributed by atoms with Gasteiger partial charge in [-0.1, -0.05) is 158 Å². The van der Waals surface area contributed by atoms with Crippen molar-refractivity contribution in [2.45, 2.75) is 5.41 Å². The Kier molecular flexibility index (Phi) is 7.06. The minimum absolute atomic E-state index is 0.512. The van der Waals surface area contributed by atoms with E-state index in [0.29, 0.717) is 0 Å². The lowest BCUT2D eigenvalue weighted by atomic mass is 9.67. The number of benzene rings is 6. The zero-order valence-corrected chi connectivity index (χ0v) is 26.9. The Morgan fingerprint density at radius 1 is 0.286 bits per heavy atom. The quantitative estimate of drug-likeness (QED) is 0.184. The highest BCUT2D eigenvalue weighted by atomic mass is 14.7. The Morgan fingerprint density at radius 3 is 1.33 bits per heavy atom. The van der Waals surface area contributed by atoms with Crippen LogP contribution in [-0.2, 0) is 5.41 Å². The molecule has 9 rings (SSSR count). The van der Waals surface area contributed by atoms with Gasteiger partial charge in [-0.05, 0) is 79.9 Å². The molecule has 8 aromatic rings. The maximum Gasteiger partial charge on any atom is 0.0713 e. The van der Waals surface area contributed by atoms with Gasteiger partial charge in [0.2, 0.25) is 0 Å². The van der Waals surface area contributed by atoms with Crippen LogP contribution in [0.3, 0.4) is 0 Å². The van der Waals surface area contributed by atoms with Crippen LogP contribution >= 0.6 is 0 Å². The molecule has 0 atom stereocenters. The minimum Gasteiger partial charge on any atom is -0.256 e. The third-order valence-electron chi connectivity index (χ3n) is 9.92. The molecule has 2 heteroatoms. The van der Waals surface area contributed by atoms with Gasteiger partial charge in [0, 0.05) is 23.5 Å². The summed E-state index contributed by atoms with van der Waals surface area (Å²) in [6.45, 7) is 0. The molecule has 0 N–H and O–H groups in total. The van der Waals surface area contributed by atoms with Gasteiger partial charge < -0.3 is 0 Å². The molecule has 0 saturated heterocycles. The molecule has 2 aromatic heterocycles. The third kappa shape index (κ3) is 4.57. The summed E-state index contributed by atoms with van der Waals surface area (Å²) >= 11 is 0. The molecule has 2 nitrogen and oxygen atoms in total. The van der Waals surface area contributed by atoms with Crippen LogP contribution < -0.4 is 0 Å². The Balaban J connectivity index is 1.46. The van der Waals surface area contributed by atoms with Crippen LogP contribution in [0.5, 0.6) is 0 Å². The Bertz CT molecular complexity index is 2380. The van der Waals surface area contributed by atoms with E-state index < -0.39 is 5.41 Å². The highest BCUT2D eigenvalue weighted by Gasteiger charge is 2.47. The molecule has 0 amide bonds. The first kappa shape index (κ1) is 28.8. The Labute approximate surface area is 287 Å². The fraction of sp³-hybridized carbons (Fsp3) is 0.0213. The number of hydrogen-bond donors (Lipinski definition) is 0. The van der Waals surface area contributed by atoms with Crippen LogP contribution in [0.1, 0.15) is 22.3 Å². The highest BCUT2D eigenvalue weighted by Crippen LogP contribution is 2.60. The molecule has 0 fully saturated rings. The second-order valence-corrected chi connectivity index (χ2v) is 12.5. The summed E-state index contributed by atoms with van der Waals surface area (Å²) in [6, 6.07) is 65.4. The Morgan fingerprint density at radius 2 is 0.755 bits per heavy atom. The van der Waals surface area contributed by atoms with Gasteiger partial charge >= 0.3 is 0 Å². The number of hydrogen-bond acceptors (Lipinski definition) is 2. The largest absolute Gasteiger partial charge is 0.256 e. The lowest BCUT2D eigenvalue weighted by molar-refractivity contribution is 0.768. The van der Waals surface area contributed by atoms with Gasteiger partial charge in [0.15, 0.2) is 0 Å². The second-order valence-electron chi connectivity index (χ2n) is 12.5. The number of pyridine rings is 2. The average Bonchev–Trinajstić information content (AvgIpc) is 3.50. The lowest BCUT2D eigenvalue weighted by Gasteiger charge is -2.34. The molecule has 1 aliphatic carbocycles. The predicted octanol–water partition coefficient (Wildman–Crippen LogP) is 11.5. The summed E-state index contributed by atoms with van der Waals surface area (Å²) in [7, 11) is 0. The van der Waals surface area contributed by atoms with Crippen molar-refractivity contribution >= 4 is 0 Å². The number of nitrogens with zero attached hydrogens (tertiary/aromatic N) is 2. The van der Waals surface area contributed by atoms with Gasteiger partial charge in [-0.2, -0.15) is 0 Å². The topological polar surface area (TPSA) is 25.8 Å². The summed E-state index contributed by atoms with van der Waals surface area (Å²) in [5.41, 5.74) is 15.8. The van der Waals surface area contributed by atoms with E-state index in [1.807, 2.05) is 24.5 Å². The van der Waals surface area contributed by atoms with Crippen molar-refractivity contribution in [2.24, 2.45) is 0 Å². The van der Waals surface area contributed by atoms with Crippen LogP contribution in [0.2, 0.25) is 0 Å². The van der Waals surface area contributed by atoms with Crippen molar-refractivity contribution in [1.82, 2.24) is 9.97 Å². The highest BCUT2D eigenvalue weighted by molar-refractivity contribution is 6.06. The third-order valence-corrected chi connectivity index (χ3v) is 9.92. The fourth-order valence-electron chi connectivity index (χ4n) is 7.95. The summed E-state index contributed by atoms with van der Waals surface area (Å²) in [5.74, 6) is 0. The molecule has 0 spiro atoms. The molecule has 1 aliphatic rings. The SMILES string of the molecule is c1ccc(C2(c3ccccc3)c3ccccc3-c3c2ccc(-c2ccccc2-c2ccccn2)c3-c2ccccc2-c2ccccn2)cc1. The van der Waals surface area contributed by atoms with Crippen LogP contribution in [-0.4, -0.2) is 9.97 Å². The maximum atomic E-state index is 4.85. The van der Waals surface area contributed by atoms with Crippen molar-refractivity contribution < 1.29 is 0 Å². The van der Waals surface area contributed by atoms with Crippen LogP contribution in [0.15, 0.2) is 194 Å². The smallest absolute Gasteiger partial charge is 0.0713 e. The zero-order chi connectivity index (χ0) is 32.6. The van der Waals surface area contributed by atoms with E-state index in [4.69, 9.17) is 9.97 Å². The second kappa shape index (κ2) is 12.0. The average molecular weight is 625 g/mol. The van der Waals surface area contributed by atoms with Crippen molar-refractivity contribution in [1.29, 1.82) is 0 Å². The van der Waals surface area contributed by atoms with Gasteiger partial charge in [0.05, 0.1) is 16.8 Å². The molecule has 0 radical (unpaired) electrons. The first-order valence-corrected chi connectivity index (χ1v) is 16.8. The Hall–Kier alpha value is -6.38. The van der Waals surface area contributed by atoms with Gasteiger partial charge in [-0.15, -0.1) is 0 Å². The molecule has 0 bridgehead atoms. The van der Waals surface area contributed by atoms with E-state index in [-0.39, 0.29) is 0 Å². The first-order valence-electron chi connectivity index (χ1n) is 16.8. The van der Waals surface area contributed by atoms with Crippen LogP contribution in [0, 0.1) is 0 Å². The molecule has 2 heterocycles. The van der Waals surface area contributed by atoms with E-state index >= 15 is 0 Å². The molecule has 0 saturated carbocycles. The predicted molar refractivity (Wildman–Crippen MR) is 201 cm³/mol. The fourth-order valence-corrected chi connectivity index (χ4v) is 7.95. The number of rotatable bonds is 6. The van der Waals surface area contributed by atoms with Gasteiger partial charge in [-0.3, -0.25) is 9.97 Å². The van der Waals surface area contributed by atoms with Crippen molar-refractivity contribution in [3.8, 4) is 55.9 Å². The van der Waals surface area contributed by atoms with Crippen molar-refractivity contribution in [3.05, 3.63) is 217 Å². The normalized spacial score (nSPS) is 12.7. The van der Waals surface area contributed by atoms with Gasteiger partial charge in [0.1, 0.15) is 0 Å². The molecule has 6 aromatic carbocycles. The molecule has 0 aliphatic heterocycles. The zero-order valence-electron chi connectivity index (χ0n) is 26.9. The van der Waals surface area contributed by atoms with Gasteiger partial charge in [-0.25, -0.2) is 0 Å². The molecular weight excluding hydrogens is 593 g/mol. The molecule has 0 unspecified atom stereocenters. The molecular formula is C47H32N2. The maximum absolute atomic E-state index is 4.85. The van der Waals surface area contributed by atoms with E-state index in [2.05, 4.69) is 170 Å². The van der Waals surface area contributed by atoms with Gasteiger partial charge in [0.25, 0.3) is 0 Å². The minimum atomic E-state index is -0.512. The number of fused-ring (bicyclic) bond motifs is 3. The van der Waals surface area contributed by atoms with Crippen molar-refractivity contribution in [3.63, 3.8) is 0 Å². The van der Waals surface area contributed by atoms with E-state index in [1.54, 1.807) is 0 Å². The lowest BCUT2D eigenvalue weighted by Crippen LogP contribution is -2.28. The standard InChI is InChI=1S/C47H32N2/c1-3-17-33(18-4-1)47(34-19-5-2-6-20-34)41-26-12-11-25-40(41)46-42(47)30-29-39(35-21-7-8-22-36(35)43-27-13-15-31-48-43)45(46)38-24-10-9-23-37(38)44-28-14-16-32-49-44/h1-32H. The summed E-state index contributed by atoms with van der Waals surface area (Å²) in [6.07, 6.45) is 3.75. The van der Waals surface area contributed by atoms with Crippen LogP contribution in [0.4, 0.5) is 0 Å².